The third kappa shape index (κ3) is 17.4. The highest BCUT2D eigenvalue weighted by Gasteiger charge is 2.38. The normalized spacial score (nSPS) is 16.4. The van der Waals surface area contributed by atoms with Gasteiger partial charge in [-0.25, -0.2) is 0 Å². The maximum Gasteiger partial charge on any atom is 0.317 e. The number of benzene rings is 1. The standard InChI is InChI=1S/C32H47N5O13S/c1-21(38)50-13-12-49-11-10-33-32(51)34-23-8-6-22(7-9-23)14-24(35(16-27(39)40)17-28(41)42)15-36(18-29(43)44)25-4-2-3-5-26(25)37(19-30(45)46)20-31(47)48/h6-9,24-26H,2-5,10-20H2,1H3,(H,39,40)(H,41,42)(H,43,44)(H,45,46)(H,47,48)(H2,33,34,51)/t24-,25+,26+/m0/s1. The molecule has 1 fully saturated rings. The summed E-state index contributed by atoms with van der Waals surface area (Å²) in [5.74, 6) is -6.66. The minimum absolute atomic E-state index is 0.0982. The summed E-state index contributed by atoms with van der Waals surface area (Å²) in [6, 6.07) is 4.85. The lowest BCUT2D eigenvalue weighted by atomic mass is 9.87. The Hall–Kier alpha value is -4.43. The fourth-order valence-corrected chi connectivity index (χ4v) is 6.29. The third-order valence-electron chi connectivity index (χ3n) is 8.03. The van der Waals surface area contributed by atoms with E-state index in [4.69, 9.17) is 21.7 Å². The SMILES string of the molecule is CC(=O)OCCOCCNC(=S)Nc1ccc(C[C@@H](CN(CC(=O)O)[C@@H]2CCCC[C@H]2N(CC(=O)O)CC(=O)O)N(CC(=O)O)CC(=O)O)cc1. The minimum Gasteiger partial charge on any atom is -0.480 e. The van der Waals surface area contributed by atoms with E-state index in [1.165, 1.54) is 16.7 Å². The molecule has 0 spiro atoms. The van der Waals surface area contributed by atoms with Gasteiger partial charge >= 0.3 is 35.8 Å². The summed E-state index contributed by atoms with van der Waals surface area (Å²) in [6.45, 7) is -0.691. The van der Waals surface area contributed by atoms with Crippen LogP contribution in [-0.4, -0.2) is 165 Å². The highest BCUT2D eigenvalue weighted by molar-refractivity contribution is 7.80. The molecule has 51 heavy (non-hydrogen) atoms. The summed E-state index contributed by atoms with van der Waals surface area (Å²) in [5, 5.41) is 54.6. The molecule has 0 aliphatic heterocycles. The van der Waals surface area contributed by atoms with E-state index in [1.807, 2.05) is 0 Å². The maximum atomic E-state index is 12.1. The van der Waals surface area contributed by atoms with Gasteiger partial charge in [0.15, 0.2) is 5.11 Å². The zero-order chi connectivity index (χ0) is 37.9. The molecule has 284 valence electrons. The molecule has 0 saturated heterocycles. The number of rotatable bonds is 24. The number of carbonyl (C=O) groups is 6. The lowest BCUT2D eigenvalue weighted by molar-refractivity contribution is -0.146. The Balaban J connectivity index is 2.28. The number of aliphatic carboxylic acids is 5. The van der Waals surface area contributed by atoms with Crippen molar-refractivity contribution in [2.75, 3.05) is 71.0 Å². The number of nitrogens with one attached hydrogen (secondary N) is 2. The number of carboxylic acid groups (broad SMARTS) is 5. The van der Waals surface area contributed by atoms with E-state index in [0.717, 1.165) is 0 Å². The topological polar surface area (TPSA) is 256 Å². The van der Waals surface area contributed by atoms with Crippen molar-refractivity contribution < 1.29 is 63.8 Å². The lowest BCUT2D eigenvalue weighted by Crippen LogP contribution is -2.59. The van der Waals surface area contributed by atoms with Gasteiger partial charge in [0.1, 0.15) is 6.61 Å². The smallest absolute Gasteiger partial charge is 0.317 e. The van der Waals surface area contributed by atoms with E-state index in [-0.39, 0.29) is 26.2 Å². The van der Waals surface area contributed by atoms with Crippen LogP contribution in [0.25, 0.3) is 0 Å². The molecule has 7 N–H and O–H groups in total. The molecule has 1 aliphatic rings. The predicted molar refractivity (Wildman–Crippen MR) is 185 cm³/mol. The van der Waals surface area contributed by atoms with E-state index < -0.39 is 86.7 Å². The van der Waals surface area contributed by atoms with Gasteiger partial charge in [0, 0.05) is 43.8 Å². The van der Waals surface area contributed by atoms with Crippen molar-refractivity contribution in [3.8, 4) is 0 Å². The first-order chi connectivity index (χ1) is 24.1. The van der Waals surface area contributed by atoms with Gasteiger partial charge in [-0.05, 0) is 49.2 Å². The zero-order valence-corrected chi connectivity index (χ0v) is 29.2. The van der Waals surface area contributed by atoms with Crippen molar-refractivity contribution in [3.63, 3.8) is 0 Å². The van der Waals surface area contributed by atoms with E-state index in [9.17, 15) is 54.3 Å². The Kier molecular flexibility index (Phi) is 18.8. The summed E-state index contributed by atoms with van der Waals surface area (Å²) in [5.41, 5.74) is 1.30. The zero-order valence-electron chi connectivity index (χ0n) is 28.4. The van der Waals surface area contributed by atoms with Crippen LogP contribution in [0, 0.1) is 0 Å². The fourth-order valence-electron chi connectivity index (χ4n) is 6.07. The molecule has 1 saturated carbocycles. The number of nitrogens with zero attached hydrogens (tertiary/aromatic N) is 3. The highest BCUT2D eigenvalue weighted by Crippen LogP contribution is 2.28. The summed E-state index contributed by atoms with van der Waals surface area (Å²) in [4.78, 5) is 74.1. The second-order valence-electron chi connectivity index (χ2n) is 12.0. The van der Waals surface area contributed by atoms with Gasteiger partial charge in [-0.2, -0.15) is 0 Å². The number of hydrogen-bond donors (Lipinski definition) is 7. The van der Waals surface area contributed by atoms with Crippen LogP contribution in [-0.2, 0) is 44.7 Å². The van der Waals surface area contributed by atoms with Crippen molar-refractivity contribution in [1.29, 1.82) is 0 Å². The second-order valence-corrected chi connectivity index (χ2v) is 12.4. The van der Waals surface area contributed by atoms with Gasteiger partial charge in [0.25, 0.3) is 0 Å². The van der Waals surface area contributed by atoms with Crippen LogP contribution in [0.2, 0.25) is 0 Å². The van der Waals surface area contributed by atoms with Crippen LogP contribution in [0.5, 0.6) is 0 Å². The van der Waals surface area contributed by atoms with Gasteiger partial charge in [-0.15, -0.1) is 0 Å². The minimum atomic E-state index is -1.29. The quantitative estimate of drug-likeness (QED) is 0.0421. The monoisotopic (exact) mass is 741 g/mol. The molecule has 0 aromatic heterocycles. The number of carboxylic acids is 5. The Morgan fingerprint density at radius 2 is 1.27 bits per heavy atom. The second kappa shape index (κ2) is 22.4. The van der Waals surface area contributed by atoms with E-state index in [2.05, 4.69) is 10.6 Å². The Labute approximate surface area is 300 Å². The number of carbonyl (C=O) groups excluding carboxylic acids is 1. The van der Waals surface area contributed by atoms with Crippen LogP contribution in [0.15, 0.2) is 24.3 Å². The molecule has 2 rings (SSSR count). The van der Waals surface area contributed by atoms with Gasteiger partial charge < -0.3 is 45.6 Å². The molecule has 18 nitrogen and oxygen atoms in total. The largest absolute Gasteiger partial charge is 0.480 e. The van der Waals surface area contributed by atoms with Crippen molar-refractivity contribution in [2.24, 2.45) is 0 Å². The Morgan fingerprint density at radius 1 is 0.765 bits per heavy atom. The Morgan fingerprint density at radius 3 is 1.78 bits per heavy atom. The number of esters is 1. The first-order valence-corrected chi connectivity index (χ1v) is 16.7. The van der Waals surface area contributed by atoms with E-state index in [1.54, 1.807) is 29.2 Å². The molecule has 0 amide bonds. The first-order valence-electron chi connectivity index (χ1n) is 16.3. The van der Waals surface area contributed by atoms with Gasteiger partial charge in [-0.3, -0.25) is 43.5 Å². The molecule has 0 unspecified atom stereocenters. The van der Waals surface area contributed by atoms with Crippen LogP contribution in [0.4, 0.5) is 5.69 Å². The fraction of sp³-hybridized carbons (Fsp3) is 0.594. The molecule has 19 heteroatoms. The number of hydrogen-bond acceptors (Lipinski definition) is 12. The van der Waals surface area contributed by atoms with Gasteiger partial charge in [0.2, 0.25) is 0 Å². The molecular weight excluding hydrogens is 694 g/mol. The molecule has 3 atom stereocenters. The Bertz CT molecular complexity index is 1320. The van der Waals surface area contributed by atoms with Crippen molar-refractivity contribution in [2.45, 2.75) is 57.2 Å². The number of anilines is 1. The molecule has 0 heterocycles. The lowest BCUT2D eigenvalue weighted by Gasteiger charge is -2.45. The van der Waals surface area contributed by atoms with Crippen LogP contribution >= 0.6 is 12.2 Å². The summed E-state index contributed by atoms with van der Waals surface area (Å²) in [6.07, 6.45) is 2.28. The first kappa shape index (κ1) is 42.7. The van der Waals surface area contributed by atoms with Crippen molar-refractivity contribution in [1.82, 2.24) is 20.0 Å². The van der Waals surface area contributed by atoms with Crippen molar-refractivity contribution >= 4 is 58.8 Å². The average Bonchev–Trinajstić information content (AvgIpc) is 3.02. The molecule has 1 aromatic carbocycles. The van der Waals surface area contributed by atoms with Gasteiger partial charge in [-0.1, -0.05) is 25.0 Å². The van der Waals surface area contributed by atoms with Crippen LogP contribution < -0.4 is 10.6 Å². The van der Waals surface area contributed by atoms with Crippen molar-refractivity contribution in [3.05, 3.63) is 29.8 Å². The number of ether oxygens (including phenoxy) is 2. The molecule has 0 bridgehead atoms. The number of thiocarbonyl (C=S) groups is 1. The van der Waals surface area contributed by atoms with Gasteiger partial charge in [0.05, 0.1) is 45.9 Å². The summed E-state index contributed by atoms with van der Waals surface area (Å²) < 4.78 is 10.1. The molecular formula is C32H47N5O13S. The van der Waals surface area contributed by atoms with E-state index in [0.29, 0.717) is 55.2 Å². The highest BCUT2D eigenvalue weighted by atomic mass is 32.1. The predicted octanol–water partition coefficient (Wildman–Crippen LogP) is 0.104. The van der Waals surface area contributed by atoms with E-state index >= 15 is 0 Å². The average molecular weight is 742 g/mol. The van der Waals surface area contributed by atoms with Crippen LogP contribution in [0.1, 0.15) is 38.2 Å². The van der Waals surface area contributed by atoms with Crippen LogP contribution in [0.3, 0.4) is 0 Å². The maximum absolute atomic E-state index is 12.1. The molecule has 0 radical (unpaired) electrons. The third-order valence-corrected chi connectivity index (χ3v) is 8.28. The molecule has 1 aliphatic carbocycles. The summed E-state index contributed by atoms with van der Waals surface area (Å²) in [7, 11) is 0. The summed E-state index contributed by atoms with van der Waals surface area (Å²) >= 11 is 5.32. The molecule has 1 aromatic rings.